The molecule has 0 aliphatic heterocycles. The Kier molecular flexibility index (Phi) is 1.39. The van der Waals surface area contributed by atoms with E-state index in [2.05, 4.69) is 15.0 Å². The van der Waals surface area contributed by atoms with E-state index in [9.17, 15) is 0 Å². The molecule has 0 amide bonds. The average molecular weight is 174 g/mol. The molecule has 2 heterocycles. The summed E-state index contributed by atoms with van der Waals surface area (Å²) >= 11 is 0. The Balaban J connectivity index is 2.90. The minimum atomic E-state index is 0.0635. The second-order valence-corrected chi connectivity index (χ2v) is 2.57. The average Bonchev–Trinajstić information content (AvgIpc) is 2.48. The molecule has 0 spiro atoms. The van der Waals surface area contributed by atoms with Crippen LogP contribution in [0.1, 0.15) is 5.82 Å². The zero-order valence-electron chi connectivity index (χ0n) is 6.89. The van der Waals surface area contributed by atoms with Crippen molar-refractivity contribution in [2.75, 3.05) is 5.73 Å². The van der Waals surface area contributed by atoms with Gasteiger partial charge in [-0.25, -0.2) is 4.98 Å². The van der Waals surface area contributed by atoms with Gasteiger partial charge in [-0.1, -0.05) is 0 Å². The first kappa shape index (κ1) is 7.49. The van der Waals surface area contributed by atoms with E-state index in [1.807, 2.05) is 6.07 Å². The lowest BCUT2D eigenvalue weighted by atomic mass is 10.5. The molecule has 0 fully saturated rings. The Morgan fingerprint density at radius 1 is 1.54 bits per heavy atom. The normalized spacial score (nSPS) is 10.2. The molecular formula is C7H6N6. The molecule has 2 aromatic rings. The molecule has 6 nitrogen and oxygen atoms in total. The topological polar surface area (TPSA) is 93.4 Å². The van der Waals surface area contributed by atoms with Crippen LogP contribution in [0.3, 0.4) is 0 Å². The summed E-state index contributed by atoms with van der Waals surface area (Å²) in [5, 5.41) is 8.59. The van der Waals surface area contributed by atoms with Crippen LogP contribution in [-0.4, -0.2) is 19.5 Å². The Labute approximate surface area is 73.7 Å². The molecule has 0 saturated heterocycles. The zero-order valence-corrected chi connectivity index (χ0v) is 6.89. The fraction of sp³-hybridized carbons (Fsp3) is 0.143. The van der Waals surface area contributed by atoms with Gasteiger partial charge in [0, 0.05) is 7.05 Å². The van der Waals surface area contributed by atoms with E-state index < -0.39 is 0 Å². The smallest absolute Gasteiger partial charge is 0.236 e. The minimum absolute atomic E-state index is 0.0635. The maximum atomic E-state index is 8.59. The Bertz CT molecular complexity index is 505. The Morgan fingerprint density at radius 2 is 2.31 bits per heavy atom. The van der Waals surface area contributed by atoms with Crippen LogP contribution < -0.4 is 5.73 Å². The number of fused-ring (bicyclic) bond motifs is 1. The number of hydrogen-bond acceptors (Lipinski definition) is 5. The summed E-state index contributed by atoms with van der Waals surface area (Å²) < 4.78 is 1.69. The summed E-state index contributed by atoms with van der Waals surface area (Å²) in [6.07, 6.45) is 1.58. The summed E-state index contributed by atoms with van der Waals surface area (Å²) in [7, 11) is 1.78. The van der Waals surface area contributed by atoms with Gasteiger partial charge in [0.2, 0.25) is 5.82 Å². The van der Waals surface area contributed by atoms with Crippen molar-refractivity contribution < 1.29 is 0 Å². The Morgan fingerprint density at radius 3 is 3.00 bits per heavy atom. The lowest BCUT2D eigenvalue weighted by Crippen LogP contribution is -1.99. The van der Waals surface area contributed by atoms with Crippen LogP contribution in [0.4, 0.5) is 5.82 Å². The van der Waals surface area contributed by atoms with E-state index in [1.165, 1.54) is 0 Å². The number of aromatic nitrogens is 4. The highest BCUT2D eigenvalue weighted by Gasteiger charge is 2.08. The van der Waals surface area contributed by atoms with Gasteiger partial charge in [-0.2, -0.15) is 15.2 Å². The van der Waals surface area contributed by atoms with E-state index in [4.69, 9.17) is 11.0 Å². The van der Waals surface area contributed by atoms with E-state index in [1.54, 1.807) is 17.9 Å². The number of aryl methyl sites for hydroxylation is 1. The molecule has 2 aromatic heterocycles. The first-order valence-electron chi connectivity index (χ1n) is 3.57. The molecule has 0 unspecified atom stereocenters. The fourth-order valence-electron chi connectivity index (χ4n) is 1.08. The molecule has 64 valence electrons. The predicted octanol–water partition coefficient (Wildman–Crippen LogP) is -0.183. The number of nitrogens with zero attached hydrogens (tertiary/aromatic N) is 5. The van der Waals surface area contributed by atoms with Crippen molar-refractivity contribution >= 4 is 17.0 Å². The van der Waals surface area contributed by atoms with Crippen molar-refractivity contribution in [1.82, 2.24) is 19.5 Å². The summed E-state index contributed by atoms with van der Waals surface area (Å²) in [4.78, 5) is 11.7. The molecule has 0 atom stereocenters. The van der Waals surface area contributed by atoms with Crippen molar-refractivity contribution in [2.24, 2.45) is 7.05 Å². The van der Waals surface area contributed by atoms with Crippen LogP contribution in [-0.2, 0) is 7.05 Å². The molecule has 0 aliphatic carbocycles. The molecule has 2 rings (SSSR count). The molecule has 0 bridgehead atoms. The van der Waals surface area contributed by atoms with E-state index in [-0.39, 0.29) is 11.6 Å². The van der Waals surface area contributed by atoms with Crippen LogP contribution in [0, 0.1) is 11.3 Å². The number of nitrogen functional groups attached to an aromatic ring is 1. The van der Waals surface area contributed by atoms with Crippen LogP contribution in [0.5, 0.6) is 0 Å². The second-order valence-electron chi connectivity index (χ2n) is 2.57. The third-order valence-corrected chi connectivity index (χ3v) is 1.69. The molecule has 13 heavy (non-hydrogen) atoms. The predicted molar refractivity (Wildman–Crippen MR) is 45.4 cm³/mol. The van der Waals surface area contributed by atoms with Gasteiger partial charge >= 0.3 is 0 Å². The van der Waals surface area contributed by atoms with Gasteiger partial charge in [0.25, 0.3) is 0 Å². The van der Waals surface area contributed by atoms with Gasteiger partial charge in [-0.15, -0.1) is 0 Å². The summed E-state index contributed by atoms with van der Waals surface area (Å²) in [5.74, 6) is 0.302. The SMILES string of the molecule is Cn1cnc2c(N)nc(C#N)nc21. The van der Waals surface area contributed by atoms with E-state index in [0.717, 1.165) is 0 Å². The van der Waals surface area contributed by atoms with Gasteiger partial charge in [-0.3, -0.25) is 0 Å². The van der Waals surface area contributed by atoms with E-state index >= 15 is 0 Å². The standard InChI is InChI=1S/C7H6N6/c1-13-3-10-5-6(9)11-4(2-8)12-7(5)13/h3H,1H3,(H2,9,11,12). The quantitative estimate of drug-likeness (QED) is 0.597. The molecule has 0 aliphatic rings. The van der Waals surface area contributed by atoms with Gasteiger partial charge in [0.15, 0.2) is 11.5 Å². The minimum Gasteiger partial charge on any atom is -0.382 e. The van der Waals surface area contributed by atoms with Crippen molar-refractivity contribution in [3.8, 4) is 6.07 Å². The molecule has 0 saturated carbocycles. The number of hydrogen-bond donors (Lipinski definition) is 1. The van der Waals surface area contributed by atoms with E-state index in [0.29, 0.717) is 11.2 Å². The van der Waals surface area contributed by atoms with Gasteiger partial charge in [0.1, 0.15) is 11.6 Å². The number of nitriles is 1. The molecule has 0 aromatic carbocycles. The maximum Gasteiger partial charge on any atom is 0.236 e. The number of rotatable bonds is 0. The second kappa shape index (κ2) is 2.42. The first-order valence-corrected chi connectivity index (χ1v) is 3.57. The van der Waals surface area contributed by atoms with Crippen molar-refractivity contribution in [3.05, 3.63) is 12.2 Å². The fourth-order valence-corrected chi connectivity index (χ4v) is 1.08. The lowest BCUT2D eigenvalue weighted by Gasteiger charge is -1.95. The van der Waals surface area contributed by atoms with Crippen molar-refractivity contribution in [2.45, 2.75) is 0 Å². The van der Waals surface area contributed by atoms with Gasteiger partial charge < -0.3 is 10.3 Å². The summed E-state index contributed by atoms with van der Waals surface area (Å²) in [5.41, 5.74) is 6.67. The summed E-state index contributed by atoms with van der Waals surface area (Å²) in [6.45, 7) is 0. The largest absolute Gasteiger partial charge is 0.382 e. The highest BCUT2D eigenvalue weighted by atomic mass is 15.1. The molecule has 6 heteroatoms. The number of anilines is 1. The van der Waals surface area contributed by atoms with Crippen LogP contribution >= 0.6 is 0 Å². The third kappa shape index (κ3) is 0.980. The zero-order chi connectivity index (χ0) is 9.42. The number of imidazole rings is 1. The molecule has 2 N–H and O–H groups in total. The van der Waals surface area contributed by atoms with Gasteiger partial charge in [0.05, 0.1) is 6.33 Å². The highest BCUT2D eigenvalue weighted by molar-refractivity contribution is 5.81. The third-order valence-electron chi connectivity index (χ3n) is 1.69. The number of nitrogens with two attached hydrogens (primary N) is 1. The molecular weight excluding hydrogens is 168 g/mol. The van der Waals surface area contributed by atoms with Crippen molar-refractivity contribution in [3.63, 3.8) is 0 Å². The highest BCUT2D eigenvalue weighted by Crippen LogP contribution is 2.14. The van der Waals surface area contributed by atoms with Gasteiger partial charge in [-0.05, 0) is 0 Å². The van der Waals surface area contributed by atoms with Crippen LogP contribution in [0.15, 0.2) is 6.33 Å². The Hall–Kier alpha value is -2.16. The lowest BCUT2D eigenvalue weighted by molar-refractivity contribution is 0.925. The first-order chi connectivity index (χ1) is 6.22. The monoisotopic (exact) mass is 174 g/mol. The summed E-state index contributed by atoms with van der Waals surface area (Å²) in [6, 6.07) is 1.83. The maximum absolute atomic E-state index is 8.59. The van der Waals surface area contributed by atoms with Crippen LogP contribution in [0.25, 0.3) is 11.2 Å². The molecule has 0 radical (unpaired) electrons. The van der Waals surface area contributed by atoms with Crippen LogP contribution in [0.2, 0.25) is 0 Å². The van der Waals surface area contributed by atoms with Crippen molar-refractivity contribution in [1.29, 1.82) is 5.26 Å².